The van der Waals surface area contributed by atoms with Gasteiger partial charge in [-0.2, -0.15) is 0 Å². The Hall–Kier alpha value is -2.91. The largest absolute Gasteiger partial charge is 0.495 e. The van der Waals surface area contributed by atoms with Crippen LogP contribution in [0.15, 0.2) is 41.3 Å². The number of benzene rings is 2. The third-order valence-corrected chi connectivity index (χ3v) is 6.07. The van der Waals surface area contributed by atoms with Crippen LogP contribution in [0.3, 0.4) is 0 Å². The molecule has 1 heterocycles. The standard InChI is InChI=1S/C21H24N2O6S/c1-14-10-15(2)12-16(11-14)29-9-8-22-30(26,27)17-4-5-19(28-3)18(13-17)23-20(24)6-7-21(23)25/h4-5,10-13,22H,6-9H2,1-3H3. The molecule has 1 aliphatic heterocycles. The number of imide groups is 1. The minimum atomic E-state index is -3.88. The van der Waals surface area contributed by atoms with Crippen LogP contribution in [0.25, 0.3) is 0 Å². The highest BCUT2D eigenvalue weighted by Crippen LogP contribution is 2.34. The monoisotopic (exact) mass is 432 g/mol. The number of amides is 2. The van der Waals surface area contributed by atoms with Crippen LogP contribution in [0.1, 0.15) is 24.0 Å². The molecule has 0 unspecified atom stereocenters. The molecule has 1 aliphatic rings. The summed E-state index contributed by atoms with van der Waals surface area (Å²) < 4.78 is 38.7. The first-order valence-electron chi connectivity index (χ1n) is 9.46. The van der Waals surface area contributed by atoms with Crippen molar-refractivity contribution in [2.75, 3.05) is 25.2 Å². The summed E-state index contributed by atoms with van der Waals surface area (Å²) in [7, 11) is -2.49. The van der Waals surface area contributed by atoms with E-state index in [1.807, 2.05) is 32.0 Å². The minimum absolute atomic E-state index is 0.0538. The zero-order valence-corrected chi connectivity index (χ0v) is 17.9. The Balaban J connectivity index is 1.71. The van der Waals surface area contributed by atoms with Crippen LogP contribution >= 0.6 is 0 Å². The van der Waals surface area contributed by atoms with E-state index in [1.54, 1.807) is 0 Å². The van der Waals surface area contributed by atoms with E-state index in [2.05, 4.69) is 4.72 Å². The molecule has 0 saturated carbocycles. The summed E-state index contributed by atoms with van der Waals surface area (Å²) in [5, 5.41) is 0. The van der Waals surface area contributed by atoms with Crippen LogP contribution in [0, 0.1) is 13.8 Å². The number of carbonyl (C=O) groups is 2. The number of carbonyl (C=O) groups excluding carboxylic acids is 2. The Bertz CT molecular complexity index is 1040. The van der Waals surface area contributed by atoms with E-state index in [0.717, 1.165) is 16.0 Å². The van der Waals surface area contributed by atoms with E-state index < -0.39 is 10.0 Å². The van der Waals surface area contributed by atoms with E-state index >= 15 is 0 Å². The molecule has 1 saturated heterocycles. The normalized spacial score (nSPS) is 14.3. The number of aryl methyl sites for hydroxylation is 2. The first kappa shape index (κ1) is 21.8. The lowest BCUT2D eigenvalue weighted by molar-refractivity contribution is -0.121. The van der Waals surface area contributed by atoms with Gasteiger partial charge in [-0.15, -0.1) is 0 Å². The topological polar surface area (TPSA) is 102 Å². The second kappa shape index (κ2) is 8.85. The van der Waals surface area contributed by atoms with Gasteiger partial charge in [0.15, 0.2) is 0 Å². The highest BCUT2D eigenvalue weighted by Gasteiger charge is 2.33. The third-order valence-electron chi connectivity index (χ3n) is 4.61. The van der Waals surface area contributed by atoms with Crippen LogP contribution in [-0.4, -0.2) is 40.5 Å². The van der Waals surface area contributed by atoms with E-state index in [4.69, 9.17) is 9.47 Å². The number of nitrogens with one attached hydrogen (secondary N) is 1. The van der Waals surface area contributed by atoms with Gasteiger partial charge in [-0.1, -0.05) is 6.07 Å². The van der Waals surface area contributed by atoms with Crippen LogP contribution < -0.4 is 19.1 Å². The van der Waals surface area contributed by atoms with Gasteiger partial charge in [0.25, 0.3) is 0 Å². The Morgan fingerprint density at radius 1 is 1.00 bits per heavy atom. The Morgan fingerprint density at radius 2 is 1.63 bits per heavy atom. The maximum atomic E-state index is 12.7. The fourth-order valence-electron chi connectivity index (χ4n) is 3.30. The Labute approximate surface area is 175 Å². The molecule has 0 aromatic heterocycles. The van der Waals surface area contributed by atoms with Crippen molar-refractivity contribution < 1.29 is 27.5 Å². The van der Waals surface area contributed by atoms with Gasteiger partial charge in [0.2, 0.25) is 21.8 Å². The molecule has 30 heavy (non-hydrogen) atoms. The molecule has 0 radical (unpaired) electrons. The number of ether oxygens (including phenoxy) is 2. The molecule has 0 bridgehead atoms. The lowest BCUT2D eigenvalue weighted by Gasteiger charge is -2.18. The molecule has 2 amide bonds. The van der Waals surface area contributed by atoms with Crippen LogP contribution in [0.4, 0.5) is 5.69 Å². The second-order valence-electron chi connectivity index (χ2n) is 7.03. The molecule has 160 valence electrons. The molecule has 0 atom stereocenters. The smallest absolute Gasteiger partial charge is 0.240 e. The molecule has 9 heteroatoms. The zero-order chi connectivity index (χ0) is 21.9. The summed E-state index contributed by atoms with van der Waals surface area (Å²) in [5.41, 5.74) is 2.24. The van der Waals surface area contributed by atoms with Gasteiger partial charge in [-0.05, 0) is 55.3 Å². The number of nitrogens with zero attached hydrogens (tertiary/aromatic N) is 1. The van der Waals surface area contributed by atoms with Crippen LogP contribution in [-0.2, 0) is 19.6 Å². The van der Waals surface area contributed by atoms with Crippen molar-refractivity contribution in [3.05, 3.63) is 47.5 Å². The lowest BCUT2D eigenvalue weighted by Crippen LogP contribution is -2.30. The van der Waals surface area contributed by atoms with Gasteiger partial charge in [0.1, 0.15) is 18.1 Å². The first-order chi connectivity index (χ1) is 14.2. The van der Waals surface area contributed by atoms with E-state index in [1.165, 1.54) is 25.3 Å². The number of hydrogen-bond donors (Lipinski definition) is 1. The molecule has 0 spiro atoms. The molecule has 8 nitrogen and oxygen atoms in total. The number of rotatable bonds is 8. The number of sulfonamides is 1. The van der Waals surface area contributed by atoms with Crippen LogP contribution in [0.2, 0.25) is 0 Å². The van der Waals surface area contributed by atoms with Crippen molar-refractivity contribution in [1.82, 2.24) is 4.72 Å². The first-order valence-corrected chi connectivity index (χ1v) is 10.9. The second-order valence-corrected chi connectivity index (χ2v) is 8.79. The van der Waals surface area contributed by atoms with Gasteiger partial charge in [0, 0.05) is 19.4 Å². The lowest BCUT2D eigenvalue weighted by atomic mass is 10.1. The van der Waals surface area contributed by atoms with Crippen molar-refractivity contribution in [2.45, 2.75) is 31.6 Å². The third kappa shape index (κ3) is 4.80. The highest BCUT2D eigenvalue weighted by atomic mass is 32.2. The van der Waals surface area contributed by atoms with Crippen molar-refractivity contribution in [1.29, 1.82) is 0 Å². The number of hydrogen-bond acceptors (Lipinski definition) is 6. The molecule has 3 rings (SSSR count). The summed E-state index contributed by atoms with van der Waals surface area (Å²) in [5.74, 6) is 0.144. The maximum Gasteiger partial charge on any atom is 0.240 e. The van der Waals surface area contributed by atoms with Crippen LogP contribution in [0.5, 0.6) is 11.5 Å². The minimum Gasteiger partial charge on any atom is -0.495 e. The molecule has 0 aliphatic carbocycles. The molecule has 2 aromatic carbocycles. The summed E-state index contributed by atoms with van der Waals surface area (Å²) in [6, 6.07) is 9.83. The Kier molecular flexibility index (Phi) is 6.42. The maximum absolute atomic E-state index is 12.7. The number of anilines is 1. The predicted octanol–water partition coefficient (Wildman–Crippen LogP) is 2.32. The van der Waals surface area contributed by atoms with Crippen molar-refractivity contribution >= 4 is 27.5 Å². The van der Waals surface area contributed by atoms with Crippen molar-refractivity contribution in [3.8, 4) is 11.5 Å². The summed E-state index contributed by atoms with van der Waals surface area (Å²) in [6.07, 6.45) is 0.181. The SMILES string of the molecule is COc1ccc(S(=O)(=O)NCCOc2cc(C)cc(C)c2)cc1N1C(=O)CCC1=O. The van der Waals surface area contributed by atoms with Crippen molar-refractivity contribution in [2.24, 2.45) is 0 Å². The molecular formula is C21H24N2O6S. The molecule has 1 N–H and O–H groups in total. The van der Waals surface area contributed by atoms with Gasteiger partial charge in [-0.25, -0.2) is 18.0 Å². The fourth-order valence-corrected chi connectivity index (χ4v) is 4.33. The van der Waals surface area contributed by atoms with Gasteiger partial charge in [-0.3, -0.25) is 9.59 Å². The predicted molar refractivity (Wildman–Crippen MR) is 111 cm³/mol. The average molecular weight is 432 g/mol. The zero-order valence-electron chi connectivity index (χ0n) is 17.1. The average Bonchev–Trinajstić information content (AvgIpc) is 3.02. The van der Waals surface area contributed by atoms with E-state index in [0.29, 0.717) is 5.75 Å². The summed E-state index contributed by atoms with van der Waals surface area (Å²) >= 11 is 0. The quantitative estimate of drug-likeness (QED) is 0.507. The molecule has 1 fully saturated rings. The fraction of sp³-hybridized carbons (Fsp3) is 0.333. The van der Waals surface area contributed by atoms with Crippen molar-refractivity contribution in [3.63, 3.8) is 0 Å². The number of methoxy groups -OCH3 is 1. The van der Waals surface area contributed by atoms with Gasteiger partial charge >= 0.3 is 0 Å². The highest BCUT2D eigenvalue weighted by molar-refractivity contribution is 7.89. The molecular weight excluding hydrogens is 408 g/mol. The van der Waals surface area contributed by atoms with E-state index in [-0.39, 0.29) is 54.1 Å². The van der Waals surface area contributed by atoms with Gasteiger partial charge < -0.3 is 9.47 Å². The Morgan fingerprint density at radius 3 is 2.23 bits per heavy atom. The van der Waals surface area contributed by atoms with E-state index in [9.17, 15) is 18.0 Å². The van der Waals surface area contributed by atoms with Gasteiger partial charge in [0.05, 0.1) is 17.7 Å². The summed E-state index contributed by atoms with van der Waals surface area (Å²) in [4.78, 5) is 25.1. The summed E-state index contributed by atoms with van der Waals surface area (Å²) in [6.45, 7) is 4.12. The molecule has 2 aromatic rings.